The molecule has 1 atom stereocenters. The fourth-order valence-corrected chi connectivity index (χ4v) is 3.77. The summed E-state index contributed by atoms with van der Waals surface area (Å²) >= 11 is 0. The number of hydrogen-bond acceptors (Lipinski definition) is 8. The number of carbonyl (C=O) groups excluding carboxylic acids is 4. The van der Waals surface area contributed by atoms with Gasteiger partial charge in [0.2, 0.25) is 11.9 Å². The number of rotatable bonds is 9. The van der Waals surface area contributed by atoms with E-state index in [4.69, 9.17) is 0 Å². The van der Waals surface area contributed by atoms with Crippen LogP contribution in [0.4, 0.5) is 22.7 Å². The molecule has 1 unspecified atom stereocenters. The van der Waals surface area contributed by atoms with E-state index in [1.165, 1.54) is 31.2 Å². The van der Waals surface area contributed by atoms with Gasteiger partial charge in [-0.2, -0.15) is 10.2 Å². The van der Waals surface area contributed by atoms with E-state index >= 15 is 0 Å². The first-order valence-electron chi connectivity index (χ1n) is 11.7. The van der Waals surface area contributed by atoms with Gasteiger partial charge in [-0.1, -0.05) is 6.07 Å². The van der Waals surface area contributed by atoms with Gasteiger partial charge in [-0.05, 0) is 67.1 Å². The Morgan fingerprint density at radius 3 is 2.08 bits per heavy atom. The highest BCUT2D eigenvalue weighted by Gasteiger charge is 2.24. The zero-order chi connectivity index (χ0) is 29.0. The molecule has 1 heterocycles. The molecule has 1 aliphatic heterocycles. The van der Waals surface area contributed by atoms with Crippen LogP contribution >= 0.6 is 0 Å². The molecule has 0 fully saturated rings. The smallest absolute Gasteiger partial charge is 0.335 e. The normalized spacial score (nSPS) is 12.8. The summed E-state index contributed by atoms with van der Waals surface area (Å²) in [5.74, 6) is -4.79. The van der Waals surface area contributed by atoms with E-state index in [9.17, 15) is 39.0 Å². The molecule has 0 aliphatic carbocycles. The minimum Gasteiger partial charge on any atom is -0.478 e. The van der Waals surface area contributed by atoms with Crippen LogP contribution in [0.25, 0.3) is 0 Å². The number of azo groups is 1. The lowest BCUT2D eigenvalue weighted by molar-refractivity contribution is -0.126. The lowest BCUT2D eigenvalue weighted by Crippen LogP contribution is -2.31. The zero-order valence-corrected chi connectivity index (χ0v) is 20.8. The number of benzene rings is 3. The maximum absolute atomic E-state index is 12.7. The summed E-state index contributed by atoms with van der Waals surface area (Å²) in [6, 6.07) is 12.2. The molecule has 3 aromatic carbocycles. The van der Waals surface area contributed by atoms with Crippen LogP contribution in [-0.4, -0.2) is 51.7 Å². The molecule has 0 radical (unpaired) electrons. The van der Waals surface area contributed by atoms with Gasteiger partial charge >= 0.3 is 11.9 Å². The Bertz CT molecular complexity index is 1560. The van der Waals surface area contributed by atoms with Crippen molar-refractivity contribution < 1.29 is 39.0 Å². The van der Waals surface area contributed by atoms with E-state index in [0.29, 0.717) is 11.4 Å². The number of carboxylic acid groups (broad SMARTS) is 2. The Kier molecular flexibility index (Phi) is 7.75. The van der Waals surface area contributed by atoms with Crippen molar-refractivity contribution in [2.75, 3.05) is 16.0 Å². The number of anilines is 3. The molecule has 3 amide bonds. The number of amides is 3. The average Bonchev–Trinajstić information content (AvgIpc) is 3.27. The lowest BCUT2D eigenvalue weighted by Gasteiger charge is -2.10. The highest BCUT2D eigenvalue weighted by atomic mass is 16.4. The number of nitrogens with zero attached hydrogens (tertiary/aromatic N) is 2. The molecule has 40 heavy (non-hydrogen) atoms. The summed E-state index contributed by atoms with van der Waals surface area (Å²) in [7, 11) is 0. The highest BCUT2D eigenvalue weighted by Crippen LogP contribution is 2.26. The molecule has 0 saturated heterocycles. The molecule has 202 valence electrons. The van der Waals surface area contributed by atoms with Gasteiger partial charge in [0.25, 0.3) is 11.8 Å². The van der Waals surface area contributed by atoms with Gasteiger partial charge in [-0.3, -0.25) is 19.2 Å². The fourth-order valence-electron chi connectivity index (χ4n) is 3.77. The van der Waals surface area contributed by atoms with E-state index in [1.54, 1.807) is 18.2 Å². The van der Waals surface area contributed by atoms with Gasteiger partial charge in [0.05, 0.1) is 23.2 Å². The monoisotopic (exact) mass is 543 g/mol. The van der Waals surface area contributed by atoms with Gasteiger partial charge in [-0.15, -0.1) is 0 Å². The van der Waals surface area contributed by atoms with Crippen LogP contribution in [0.1, 0.15) is 43.6 Å². The highest BCUT2D eigenvalue weighted by molar-refractivity contribution is 6.11. The summed E-state index contributed by atoms with van der Waals surface area (Å²) in [6.07, 6.45) is 0.248. The molecule has 3 aromatic rings. The van der Waals surface area contributed by atoms with E-state index in [2.05, 4.69) is 26.2 Å². The predicted octanol–water partition coefficient (Wildman–Crippen LogP) is 3.51. The van der Waals surface area contributed by atoms with Crippen molar-refractivity contribution in [2.45, 2.75) is 19.4 Å². The van der Waals surface area contributed by atoms with Crippen LogP contribution in [0.2, 0.25) is 0 Å². The SMILES string of the molecule is CC(=O)C(N=Nc1ccc(C(=O)Nc2cc(C(=O)O)cc(C(=O)O)c2)cc1)C(=O)Nc1ccc2c(c1)NC(=O)C2. The van der Waals surface area contributed by atoms with E-state index < -0.39 is 35.6 Å². The summed E-state index contributed by atoms with van der Waals surface area (Å²) in [5, 5.41) is 33.9. The summed E-state index contributed by atoms with van der Waals surface area (Å²) in [5.41, 5.74) is 1.47. The minimum atomic E-state index is -1.45. The number of fused-ring (bicyclic) bond motifs is 1. The lowest BCUT2D eigenvalue weighted by atomic mass is 10.1. The Balaban J connectivity index is 1.43. The largest absolute Gasteiger partial charge is 0.478 e. The molecule has 0 aromatic heterocycles. The number of nitrogens with one attached hydrogen (secondary N) is 3. The topological polar surface area (TPSA) is 204 Å². The second-order valence-electron chi connectivity index (χ2n) is 8.73. The average molecular weight is 543 g/mol. The first kappa shape index (κ1) is 27.3. The third-order valence-electron chi connectivity index (χ3n) is 5.74. The fraction of sp³-hybridized carbons (Fsp3) is 0.111. The van der Waals surface area contributed by atoms with Crippen molar-refractivity contribution in [1.29, 1.82) is 0 Å². The summed E-state index contributed by atoms with van der Waals surface area (Å²) in [6.45, 7) is 1.19. The van der Waals surface area contributed by atoms with Gasteiger partial charge in [0, 0.05) is 22.6 Å². The number of carbonyl (C=O) groups is 6. The number of aromatic carboxylic acids is 2. The van der Waals surface area contributed by atoms with Crippen LogP contribution in [0.5, 0.6) is 0 Å². The van der Waals surface area contributed by atoms with Crippen molar-refractivity contribution in [3.63, 3.8) is 0 Å². The molecule has 0 saturated carbocycles. The van der Waals surface area contributed by atoms with Crippen LogP contribution in [-0.2, 0) is 20.8 Å². The van der Waals surface area contributed by atoms with Crippen LogP contribution in [0.3, 0.4) is 0 Å². The molecular weight excluding hydrogens is 522 g/mol. The second kappa shape index (κ2) is 11.3. The van der Waals surface area contributed by atoms with Gasteiger partial charge < -0.3 is 26.2 Å². The molecule has 13 heteroatoms. The van der Waals surface area contributed by atoms with Crippen LogP contribution < -0.4 is 16.0 Å². The summed E-state index contributed by atoms with van der Waals surface area (Å²) < 4.78 is 0. The number of hydrogen-bond donors (Lipinski definition) is 5. The van der Waals surface area contributed by atoms with E-state index in [-0.39, 0.29) is 40.4 Å². The first-order valence-corrected chi connectivity index (χ1v) is 11.7. The Morgan fingerprint density at radius 1 is 0.825 bits per heavy atom. The Hall–Kier alpha value is -5.72. The Morgan fingerprint density at radius 2 is 1.48 bits per heavy atom. The zero-order valence-electron chi connectivity index (χ0n) is 20.8. The molecule has 0 spiro atoms. The maximum Gasteiger partial charge on any atom is 0.335 e. The second-order valence-corrected chi connectivity index (χ2v) is 8.73. The van der Waals surface area contributed by atoms with Crippen molar-refractivity contribution in [3.05, 3.63) is 82.9 Å². The molecule has 1 aliphatic rings. The van der Waals surface area contributed by atoms with E-state index in [0.717, 1.165) is 23.8 Å². The van der Waals surface area contributed by atoms with Crippen molar-refractivity contribution in [2.24, 2.45) is 10.2 Å². The first-order chi connectivity index (χ1) is 19.0. The number of carboxylic acids is 2. The number of ketones is 1. The third-order valence-corrected chi connectivity index (χ3v) is 5.74. The van der Waals surface area contributed by atoms with Crippen molar-refractivity contribution in [3.8, 4) is 0 Å². The maximum atomic E-state index is 12.7. The standard InChI is InChI=1S/C27H21N5O8/c1-13(33)23(25(36)28-19-7-4-15-11-22(34)30-21(15)12-19)32-31-18-5-2-14(3-6-18)24(35)29-20-9-16(26(37)38)8-17(10-20)27(39)40/h2-10,12,23H,11H2,1H3,(H,28,36)(H,29,35)(H,30,34)(H,37,38)(H,39,40). The van der Waals surface area contributed by atoms with Gasteiger partial charge in [0.1, 0.15) is 0 Å². The predicted molar refractivity (Wildman–Crippen MR) is 141 cm³/mol. The molecule has 0 bridgehead atoms. The molecule has 5 N–H and O–H groups in total. The Labute approximate surface area is 225 Å². The quantitative estimate of drug-likeness (QED) is 0.199. The molecule has 13 nitrogen and oxygen atoms in total. The van der Waals surface area contributed by atoms with Gasteiger partial charge in [0.15, 0.2) is 5.78 Å². The molecule has 4 rings (SSSR count). The van der Waals surface area contributed by atoms with Crippen molar-refractivity contribution in [1.82, 2.24) is 0 Å². The van der Waals surface area contributed by atoms with Crippen LogP contribution in [0.15, 0.2) is 70.9 Å². The molecular formula is C27H21N5O8. The minimum absolute atomic E-state index is 0.0212. The van der Waals surface area contributed by atoms with Crippen molar-refractivity contribution >= 4 is 58.2 Å². The number of Topliss-reactive ketones (excluding diaryl/α,β-unsaturated/α-hetero) is 1. The van der Waals surface area contributed by atoms with Gasteiger partial charge in [-0.25, -0.2) is 9.59 Å². The van der Waals surface area contributed by atoms with E-state index in [1.807, 2.05) is 0 Å². The summed E-state index contributed by atoms with van der Waals surface area (Å²) in [4.78, 5) is 71.5. The third kappa shape index (κ3) is 6.39. The van der Waals surface area contributed by atoms with Crippen LogP contribution in [0, 0.1) is 0 Å².